The molecule has 0 unspecified atom stereocenters. The lowest BCUT2D eigenvalue weighted by Gasteiger charge is -2.37. The Balaban J connectivity index is 1.45. The van der Waals surface area contributed by atoms with Crippen molar-refractivity contribution in [3.8, 4) is 0 Å². The van der Waals surface area contributed by atoms with Crippen molar-refractivity contribution in [2.75, 3.05) is 13.1 Å². The van der Waals surface area contributed by atoms with E-state index in [-0.39, 0.29) is 11.8 Å². The van der Waals surface area contributed by atoms with Crippen LogP contribution in [-0.2, 0) is 16.0 Å². The van der Waals surface area contributed by atoms with E-state index < -0.39 is 11.6 Å². The number of urea groups is 1. The number of rotatable bonds is 5. The second kappa shape index (κ2) is 7.25. The number of amides is 4. The van der Waals surface area contributed by atoms with Crippen LogP contribution in [0.5, 0.6) is 0 Å². The highest BCUT2D eigenvalue weighted by Gasteiger charge is 2.48. The highest BCUT2D eigenvalue weighted by atomic mass is 16.2. The number of benzene rings is 1. The van der Waals surface area contributed by atoms with Gasteiger partial charge in [0.05, 0.1) is 0 Å². The summed E-state index contributed by atoms with van der Waals surface area (Å²) >= 11 is 0. The van der Waals surface area contributed by atoms with Gasteiger partial charge in [0.2, 0.25) is 5.91 Å². The van der Waals surface area contributed by atoms with E-state index in [9.17, 15) is 14.4 Å². The molecule has 1 spiro atoms. The molecule has 3 rings (SSSR count). The molecule has 25 heavy (non-hydrogen) atoms. The first-order valence-electron chi connectivity index (χ1n) is 8.94. The zero-order valence-corrected chi connectivity index (χ0v) is 14.6. The molecule has 0 bridgehead atoms. The summed E-state index contributed by atoms with van der Waals surface area (Å²) < 4.78 is 0. The Hall–Kier alpha value is -2.37. The molecule has 134 valence electrons. The summed E-state index contributed by atoms with van der Waals surface area (Å²) in [6, 6.07) is 9.87. The molecule has 0 aliphatic carbocycles. The molecule has 6 nitrogen and oxygen atoms in total. The van der Waals surface area contributed by atoms with E-state index >= 15 is 0 Å². The number of carbonyl (C=O) groups is 3. The van der Waals surface area contributed by atoms with Gasteiger partial charge in [0.15, 0.2) is 0 Å². The number of hydrogen-bond donors (Lipinski definition) is 2. The van der Waals surface area contributed by atoms with Gasteiger partial charge in [-0.25, -0.2) is 4.79 Å². The molecule has 2 fully saturated rings. The topological polar surface area (TPSA) is 78.5 Å². The van der Waals surface area contributed by atoms with Crippen LogP contribution in [0.25, 0.3) is 0 Å². The maximum absolute atomic E-state index is 12.5. The van der Waals surface area contributed by atoms with Crippen LogP contribution >= 0.6 is 0 Å². The predicted molar refractivity (Wildman–Crippen MR) is 93.8 cm³/mol. The minimum atomic E-state index is -0.813. The Morgan fingerprint density at radius 3 is 2.48 bits per heavy atom. The van der Waals surface area contributed by atoms with Crippen molar-refractivity contribution in [1.82, 2.24) is 15.5 Å². The van der Waals surface area contributed by atoms with E-state index in [1.165, 1.54) is 5.56 Å². The van der Waals surface area contributed by atoms with Crippen molar-refractivity contribution in [3.05, 3.63) is 35.9 Å². The maximum Gasteiger partial charge on any atom is 0.322 e. The Kier molecular flexibility index (Phi) is 5.06. The molecule has 2 heterocycles. The van der Waals surface area contributed by atoms with Gasteiger partial charge < -0.3 is 10.2 Å². The molecule has 2 N–H and O–H groups in total. The van der Waals surface area contributed by atoms with Crippen LogP contribution in [0.3, 0.4) is 0 Å². The second-order valence-electron chi connectivity index (χ2n) is 7.20. The molecule has 0 radical (unpaired) electrons. The lowest BCUT2D eigenvalue weighted by Crippen LogP contribution is -2.55. The molecule has 1 atom stereocenters. The molecule has 6 heteroatoms. The number of hydrogen-bond acceptors (Lipinski definition) is 3. The molecule has 0 saturated carbocycles. The zero-order valence-electron chi connectivity index (χ0n) is 14.6. The third-order valence-electron chi connectivity index (χ3n) is 5.28. The first-order chi connectivity index (χ1) is 12.0. The van der Waals surface area contributed by atoms with Gasteiger partial charge >= 0.3 is 6.03 Å². The van der Waals surface area contributed by atoms with Gasteiger partial charge in [-0.05, 0) is 37.2 Å². The fourth-order valence-electron chi connectivity index (χ4n) is 3.60. The van der Waals surface area contributed by atoms with Gasteiger partial charge in [0.1, 0.15) is 5.54 Å². The van der Waals surface area contributed by atoms with Crippen LogP contribution < -0.4 is 10.6 Å². The minimum absolute atomic E-state index is 0.139. The predicted octanol–water partition coefficient (Wildman–Crippen LogP) is 1.85. The van der Waals surface area contributed by atoms with Gasteiger partial charge in [-0.3, -0.25) is 14.9 Å². The first kappa shape index (κ1) is 17.5. The number of aryl methyl sites for hydroxylation is 1. The Morgan fingerprint density at radius 2 is 1.88 bits per heavy atom. The van der Waals surface area contributed by atoms with E-state index in [2.05, 4.69) is 29.7 Å². The van der Waals surface area contributed by atoms with Gasteiger partial charge in [0, 0.05) is 19.5 Å². The van der Waals surface area contributed by atoms with Crippen molar-refractivity contribution < 1.29 is 14.4 Å². The van der Waals surface area contributed by atoms with Crippen LogP contribution in [0.15, 0.2) is 30.3 Å². The van der Waals surface area contributed by atoms with Crippen LogP contribution in [0, 0.1) is 5.92 Å². The SMILES string of the molecule is C[C@@H](CCc1ccccc1)CC(=O)N1CCC2(CC1)NC(=O)NC2=O. The number of imide groups is 1. The number of nitrogens with zero attached hydrogens (tertiary/aromatic N) is 1. The van der Waals surface area contributed by atoms with Crippen molar-refractivity contribution in [1.29, 1.82) is 0 Å². The Bertz CT molecular complexity index is 651. The molecule has 1 aromatic rings. The second-order valence-corrected chi connectivity index (χ2v) is 7.20. The van der Waals surface area contributed by atoms with E-state index in [4.69, 9.17) is 0 Å². The fraction of sp³-hybridized carbons (Fsp3) is 0.526. The average molecular weight is 343 g/mol. The number of nitrogens with one attached hydrogen (secondary N) is 2. The Morgan fingerprint density at radius 1 is 1.20 bits per heavy atom. The summed E-state index contributed by atoms with van der Waals surface area (Å²) in [4.78, 5) is 37.6. The van der Waals surface area contributed by atoms with E-state index in [0.717, 1.165) is 12.8 Å². The van der Waals surface area contributed by atoms with Crippen molar-refractivity contribution in [2.24, 2.45) is 5.92 Å². The summed E-state index contributed by atoms with van der Waals surface area (Å²) in [7, 11) is 0. The van der Waals surface area contributed by atoms with E-state index in [1.54, 1.807) is 0 Å². The summed E-state index contributed by atoms with van der Waals surface area (Å²) in [5, 5.41) is 5.01. The average Bonchev–Trinajstić information content (AvgIpc) is 2.87. The highest BCUT2D eigenvalue weighted by Crippen LogP contribution is 2.26. The molecule has 2 aliphatic heterocycles. The highest BCUT2D eigenvalue weighted by molar-refractivity contribution is 6.07. The smallest absolute Gasteiger partial charge is 0.322 e. The van der Waals surface area contributed by atoms with Crippen LogP contribution in [0.1, 0.15) is 38.2 Å². The van der Waals surface area contributed by atoms with Gasteiger partial charge in [-0.15, -0.1) is 0 Å². The number of carbonyl (C=O) groups excluding carboxylic acids is 3. The minimum Gasteiger partial charge on any atom is -0.342 e. The maximum atomic E-state index is 12.5. The van der Waals surface area contributed by atoms with Crippen molar-refractivity contribution >= 4 is 17.8 Å². The third-order valence-corrected chi connectivity index (χ3v) is 5.28. The fourth-order valence-corrected chi connectivity index (χ4v) is 3.60. The summed E-state index contributed by atoms with van der Waals surface area (Å²) in [5.74, 6) is 0.194. The summed E-state index contributed by atoms with van der Waals surface area (Å²) in [6.45, 7) is 3.13. The first-order valence-corrected chi connectivity index (χ1v) is 8.94. The molecule has 0 aromatic heterocycles. The number of likely N-dealkylation sites (tertiary alicyclic amines) is 1. The standard InChI is InChI=1S/C19H25N3O3/c1-14(7-8-15-5-3-2-4-6-15)13-16(23)22-11-9-19(10-12-22)17(24)20-18(25)21-19/h2-6,14H,7-13H2,1H3,(H2,20,21,24,25)/t14-/m0/s1. The van der Waals surface area contributed by atoms with Crippen LogP contribution in [0.2, 0.25) is 0 Å². The third kappa shape index (κ3) is 4.00. The molecule has 4 amide bonds. The lowest BCUT2D eigenvalue weighted by atomic mass is 9.87. The molecular weight excluding hydrogens is 318 g/mol. The summed E-state index contributed by atoms with van der Waals surface area (Å²) in [5.41, 5.74) is 0.483. The molecule has 1 aromatic carbocycles. The number of piperidine rings is 1. The van der Waals surface area contributed by atoms with E-state index in [1.807, 2.05) is 23.1 Å². The van der Waals surface area contributed by atoms with Gasteiger partial charge in [-0.1, -0.05) is 37.3 Å². The Labute approximate surface area is 148 Å². The van der Waals surface area contributed by atoms with Gasteiger partial charge in [0.25, 0.3) is 5.91 Å². The van der Waals surface area contributed by atoms with E-state index in [0.29, 0.717) is 38.3 Å². The largest absolute Gasteiger partial charge is 0.342 e. The molecule has 2 saturated heterocycles. The monoisotopic (exact) mass is 343 g/mol. The van der Waals surface area contributed by atoms with Crippen LogP contribution in [-0.4, -0.2) is 41.4 Å². The summed E-state index contributed by atoms with van der Waals surface area (Å²) in [6.07, 6.45) is 3.44. The lowest BCUT2D eigenvalue weighted by molar-refractivity contribution is -0.136. The van der Waals surface area contributed by atoms with Gasteiger partial charge in [-0.2, -0.15) is 0 Å². The zero-order chi connectivity index (χ0) is 17.9. The normalized spacial score (nSPS) is 20.3. The quantitative estimate of drug-likeness (QED) is 0.801. The van der Waals surface area contributed by atoms with Crippen LogP contribution in [0.4, 0.5) is 4.79 Å². The van der Waals surface area contributed by atoms with Crippen molar-refractivity contribution in [3.63, 3.8) is 0 Å². The molecular formula is C19H25N3O3. The van der Waals surface area contributed by atoms with Crippen molar-refractivity contribution in [2.45, 2.75) is 44.6 Å². The molecule has 2 aliphatic rings.